The average molecular weight is 395 g/mol. The first kappa shape index (κ1) is 16.7. The normalized spacial score (nSPS) is 14.0. The van der Waals surface area contributed by atoms with Crippen molar-refractivity contribution in [3.8, 4) is 0 Å². The standard InChI is InChI=1S/C15H12BrCl2F2N/c1-15(21,7-8-3-2-4-12(19)14(8)16)9-5-13(20)11(18)6-10(9)17/h2-6H,7,21H2,1H3. The molecule has 1 nitrogen and oxygen atoms in total. The summed E-state index contributed by atoms with van der Waals surface area (Å²) in [6.07, 6.45) is 0.284. The topological polar surface area (TPSA) is 26.0 Å². The Bertz CT molecular complexity index is 690. The smallest absolute Gasteiger partial charge is 0.142 e. The van der Waals surface area contributed by atoms with Gasteiger partial charge in [0.15, 0.2) is 0 Å². The van der Waals surface area contributed by atoms with Crippen molar-refractivity contribution in [2.45, 2.75) is 18.9 Å². The molecule has 1 atom stereocenters. The maximum Gasteiger partial charge on any atom is 0.142 e. The van der Waals surface area contributed by atoms with Crippen LogP contribution in [-0.4, -0.2) is 0 Å². The van der Waals surface area contributed by atoms with E-state index in [-0.39, 0.29) is 22.3 Å². The minimum absolute atomic E-state index is 0.0634. The van der Waals surface area contributed by atoms with Crippen LogP contribution in [0.1, 0.15) is 18.1 Å². The van der Waals surface area contributed by atoms with Crippen LogP contribution in [0.5, 0.6) is 0 Å². The van der Waals surface area contributed by atoms with Crippen molar-refractivity contribution < 1.29 is 8.78 Å². The van der Waals surface area contributed by atoms with E-state index in [0.29, 0.717) is 15.6 Å². The molecule has 0 spiro atoms. The zero-order valence-corrected chi connectivity index (χ0v) is 14.2. The lowest BCUT2D eigenvalue weighted by molar-refractivity contribution is 0.483. The van der Waals surface area contributed by atoms with Crippen molar-refractivity contribution >= 4 is 39.1 Å². The molecule has 0 fully saturated rings. The molecular formula is C15H12BrCl2F2N. The second kappa shape index (κ2) is 6.21. The summed E-state index contributed by atoms with van der Waals surface area (Å²) in [4.78, 5) is 0. The molecule has 6 heteroatoms. The summed E-state index contributed by atoms with van der Waals surface area (Å²) in [5, 5.41) is 0.213. The number of rotatable bonds is 3. The molecule has 0 heterocycles. The van der Waals surface area contributed by atoms with Gasteiger partial charge in [-0.1, -0.05) is 35.3 Å². The van der Waals surface area contributed by atoms with Crippen molar-refractivity contribution in [3.05, 3.63) is 67.6 Å². The summed E-state index contributed by atoms with van der Waals surface area (Å²) in [5.74, 6) is -0.970. The van der Waals surface area contributed by atoms with Gasteiger partial charge in [0.2, 0.25) is 0 Å². The second-order valence-corrected chi connectivity index (χ2v) is 6.66. The largest absolute Gasteiger partial charge is 0.321 e. The summed E-state index contributed by atoms with van der Waals surface area (Å²) in [5.41, 5.74) is 6.39. The summed E-state index contributed by atoms with van der Waals surface area (Å²) < 4.78 is 27.6. The lowest BCUT2D eigenvalue weighted by Gasteiger charge is -2.27. The van der Waals surface area contributed by atoms with E-state index in [0.717, 1.165) is 0 Å². The van der Waals surface area contributed by atoms with E-state index in [4.69, 9.17) is 28.9 Å². The molecule has 1 unspecified atom stereocenters. The monoisotopic (exact) mass is 393 g/mol. The molecule has 2 aromatic rings. The van der Waals surface area contributed by atoms with Crippen LogP contribution in [0.4, 0.5) is 8.78 Å². The zero-order valence-electron chi connectivity index (χ0n) is 11.1. The first-order valence-corrected chi connectivity index (χ1v) is 7.64. The molecule has 0 aliphatic rings. The maximum absolute atomic E-state index is 13.7. The Morgan fingerprint density at radius 2 is 1.81 bits per heavy atom. The third kappa shape index (κ3) is 3.57. The van der Waals surface area contributed by atoms with Crippen molar-refractivity contribution in [1.29, 1.82) is 0 Å². The van der Waals surface area contributed by atoms with E-state index < -0.39 is 11.4 Å². The summed E-state index contributed by atoms with van der Waals surface area (Å²) in [6.45, 7) is 1.71. The molecule has 0 saturated heterocycles. The van der Waals surface area contributed by atoms with Gasteiger partial charge in [0.1, 0.15) is 11.6 Å². The predicted molar refractivity (Wildman–Crippen MR) is 85.8 cm³/mol. The second-order valence-electron chi connectivity index (χ2n) is 5.05. The predicted octanol–water partition coefficient (Wildman–Crippen LogP) is 5.45. The quantitative estimate of drug-likeness (QED) is 0.688. The van der Waals surface area contributed by atoms with Crippen LogP contribution in [0, 0.1) is 11.6 Å². The lowest BCUT2D eigenvalue weighted by Crippen LogP contribution is -2.36. The number of benzene rings is 2. The van der Waals surface area contributed by atoms with Crippen LogP contribution in [0.25, 0.3) is 0 Å². The average Bonchev–Trinajstić information content (AvgIpc) is 2.39. The van der Waals surface area contributed by atoms with Crippen LogP contribution in [0.2, 0.25) is 10.0 Å². The fourth-order valence-electron chi connectivity index (χ4n) is 2.14. The van der Waals surface area contributed by atoms with Crippen molar-refractivity contribution in [1.82, 2.24) is 0 Å². The third-order valence-corrected chi connectivity index (χ3v) is 4.70. The Morgan fingerprint density at radius 1 is 1.14 bits per heavy atom. The summed E-state index contributed by atoms with van der Waals surface area (Å²) >= 11 is 15.0. The van der Waals surface area contributed by atoms with Crippen molar-refractivity contribution in [3.63, 3.8) is 0 Å². The molecule has 0 aromatic heterocycles. The van der Waals surface area contributed by atoms with Crippen LogP contribution in [-0.2, 0) is 12.0 Å². The summed E-state index contributed by atoms with van der Waals surface area (Å²) in [6, 6.07) is 7.22. The van der Waals surface area contributed by atoms with Gasteiger partial charge in [-0.05, 0) is 58.6 Å². The van der Waals surface area contributed by atoms with Gasteiger partial charge in [-0.25, -0.2) is 8.78 Å². The Morgan fingerprint density at radius 3 is 2.48 bits per heavy atom. The number of halogens is 5. The molecule has 0 aliphatic heterocycles. The number of nitrogens with two attached hydrogens (primary N) is 1. The lowest BCUT2D eigenvalue weighted by atomic mass is 9.86. The zero-order chi connectivity index (χ0) is 15.8. The van der Waals surface area contributed by atoms with Gasteiger partial charge in [0.05, 0.1) is 9.50 Å². The van der Waals surface area contributed by atoms with E-state index in [1.54, 1.807) is 19.1 Å². The highest BCUT2D eigenvalue weighted by Crippen LogP contribution is 2.34. The Hall–Kier alpha value is -0.680. The van der Waals surface area contributed by atoms with Gasteiger partial charge in [-0.2, -0.15) is 0 Å². The first-order valence-electron chi connectivity index (χ1n) is 6.09. The number of hydrogen-bond donors (Lipinski definition) is 1. The Balaban J connectivity index is 2.43. The van der Waals surface area contributed by atoms with E-state index >= 15 is 0 Å². The molecule has 21 heavy (non-hydrogen) atoms. The van der Waals surface area contributed by atoms with Gasteiger partial charge in [0, 0.05) is 10.6 Å². The van der Waals surface area contributed by atoms with E-state index in [1.165, 1.54) is 18.2 Å². The van der Waals surface area contributed by atoms with Crippen LogP contribution < -0.4 is 5.73 Å². The minimum atomic E-state index is -0.973. The molecule has 2 aromatic carbocycles. The number of hydrogen-bond acceptors (Lipinski definition) is 1. The Labute approximate surface area is 140 Å². The van der Waals surface area contributed by atoms with E-state index in [2.05, 4.69) is 15.9 Å². The molecule has 0 saturated carbocycles. The fourth-order valence-corrected chi connectivity index (χ4v) is 3.14. The van der Waals surface area contributed by atoms with Gasteiger partial charge >= 0.3 is 0 Å². The van der Waals surface area contributed by atoms with Crippen LogP contribution in [0.15, 0.2) is 34.8 Å². The van der Waals surface area contributed by atoms with Crippen molar-refractivity contribution in [2.24, 2.45) is 5.73 Å². The molecule has 2 rings (SSSR count). The highest BCUT2D eigenvalue weighted by molar-refractivity contribution is 9.10. The van der Waals surface area contributed by atoms with Crippen molar-refractivity contribution in [2.75, 3.05) is 0 Å². The van der Waals surface area contributed by atoms with Gasteiger partial charge in [-0.15, -0.1) is 0 Å². The van der Waals surface area contributed by atoms with E-state index in [1.807, 2.05) is 0 Å². The maximum atomic E-state index is 13.7. The van der Waals surface area contributed by atoms with Crippen LogP contribution in [0.3, 0.4) is 0 Å². The highest BCUT2D eigenvalue weighted by atomic mass is 79.9. The van der Waals surface area contributed by atoms with E-state index in [9.17, 15) is 8.78 Å². The molecule has 0 radical (unpaired) electrons. The molecule has 112 valence electrons. The first-order chi connectivity index (χ1) is 9.72. The summed E-state index contributed by atoms with van der Waals surface area (Å²) in [7, 11) is 0. The third-order valence-electron chi connectivity index (χ3n) is 3.21. The fraction of sp³-hybridized carbons (Fsp3) is 0.200. The molecule has 0 aliphatic carbocycles. The SMILES string of the molecule is CC(N)(Cc1cccc(F)c1Br)c1cc(F)c(Cl)cc1Cl. The van der Waals surface area contributed by atoms with Gasteiger partial charge in [0.25, 0.3) is 0 Å². The van der Waals surface area contributed by atoms with Gasteiger partial charge < -0.3 is 5.73 Å². The molecule has 2 N–H and O–H groups in total. The van der Waals surface area contributed by atoms with Crippen LogP contribution >= 0.6 is 39.1 Å². The Kier molecular flexibility index (Phi) is 4.93. The minimum Gasteiger partial charge on any atom is -0.321 e. The molecular weight excluding hydrogens is 383 g/mol. The molecule has 0 amide bonds. The van der Waals surface area contributed by atoms with Gasteiger partial charge in [-0.3, -0.25) is 0 Å². The highest BCUT2D eigenvalue weighted by Gasteiger charge is 2.27. The molecule has 0 bridgehead atoms.